The molecule has 1 saturated heterocycles. The fourth-order valence-corrected chi connectivity index (χ4v) is 5.17. The Labute approximate surface area is 172 Å². The van der Waals surface area contributed by atoms with Gasteiger partial charge in [0, 0.05) is 40.3 Å². The van der Waals surface area contributed by atoms with E-state index in [4.69, 9.17) is 0 Å². The molecule has 1 aliphatic heterocycles. The van der Waals surface area contributed by atoms with Crippen LogP contribution in [0.25, 0.3) is 0 Å². The molecule has 0 radical (unpaired) electrons. The van der Waals surface area contributed by atoms with Crippen LogP contribution in [-0.2, 0) is 10.0 Å². The van der Waals surface area contributed by atoms with Gasteiger partial charge in [0.1, 0.15) is 10.0 Å². The highest BCUT2D eigenvalue weighted by molar-refractivity contribution is 7.91. The number of amides is 3. The first-order chi connectivity index (χ1) is 13.7. The molecule has 1 aromatic carbocycles. The minimum Gasteiger partial charge on any atom is -0.335 e. The van der Waals surface area contributed by atoms with Gasteiger partial charge in [-0.05, 0) is 24.3 Å². The maximum atomic E-state index is 13.8. The predicted molar refractivity (Wildman–Crippen MR) is 108 cm³/mol. The number of hydrogen-bond acceptors (Lipinski definition) is 5. The summed E-state index contributed by atoms with van der Waals surface area (Å²) in [5.74, 6) is -0.973. The third-order valence-corrected chi connectivity index (χ3v) is 7.79. The van der Waals surface area contributed by atoms with Crippen LogP contribution in [-0.4, -0.2) is 74.7 Å². The second kappa shape index (κ2) is 8.47. The summed E-state index contributed by atoms with van der Waals surface area (Å²) in [4.78, 5) is 27.9. The number of nitrogens with zero attached hydrogens (tertiary/aromatic N) is 3. The van der Waals surface area contributed by atoms with Crippen molar-refractivity contribution in [3.63, 3.8) is 0 Å². The first-order valence-corrected chi connectivity index (χ1v) is 11.1. The van der Waals surface area contributed by atoms with Crippen molar-refractivity contribution < 1.29 is 22.4 Å². The van der Waals surface area contributed by atoms with E-state index in [1.165, 1.54) is 54.2 Å². The molecule has 1 fully saturated rings. The lowest BCUT2D eigenvalue weighted by Gasteiger charge is -2.34. The lowest BCUT2D eigenvalue weighted by molar-refractivity contribution is 0.0667. The quantitative estimate of drug-likeness (QED) is 0.789. The Morgan fingerprint density at radius 3 is 2.28 bits per heavy atom. The zero-order valence-electron chi connectivity index (χ0n) is 16.0. The molecule has 1 aliphatic rings. The molecule has 156 valence electrons. The number of nitrogens with one attached hydrogen (secondary N) is 1. The molecular formula is C18H21FN4O4S2. The molecule has 0 aliphatic carbocycles. The minimum absolute atomic E-state index is 0.0126. The SMILES string of the molecule is CN(C)S(=O)(=O)c1ccc(NC(=O)N2CCN(C(=O)c3ccccc3F)CC2)s1. The van der Waals surface area contributed by atoms with Crippen LogP contribution < -0.4 is 5.32 Å². The van der Waals surface area contributed by atoms with Crippen LogP contribution in [0, 0.1) is 5.82 Å². The smallest absolute Gasteiger partial charge is 0.322 e. The zero-order chi connectivity index (χ0) is 21.2. The molecule has 11 heteroatoms. The van der Waals surface area contributed by atoms with E-state index in [0.29, 0.717) is 18.1 Å². The maximum Gasteiger partial charge on any atom is 0.322 e. The Balaban J connectivity index is 1.58. The summed E-state index contributed by atoms with van der Waals surface area (Å²) >= 11 is 0.970. The Morgan fingerprint density at radius 1 is 1.03 bits per heavy atom. The summed E-state index contributed by atoms with van der Waals surface area (Å²) in [6.07, 6.45) is 0. The molecule has 3 amide bonds. The summed E-state index contributed by atoms with van der Waals surface area (Å²) in [6, 6.07) is 8.41. The fourth-order valence-electron chi connectivity index (χ4n) is 2.81. The second-order valence-corrected chi connectivity index (χ2v) is 10.1. The monoisotopic (exact) mass is 440 g/mol. The lowest BCUT2D eigenvalue weighted by atomic mass is 10.1. The molecule has 0 saturated carbocycles. The van der Waals surface area contributed by atoms with Gasteiger partial charge in [-0.1, -0.05) is 12.1 Å². The van der Waals surface area contributed by atoms with Crippen molar-refractivity contribution in [2.45, 2.75) is 4.21 Å². The van der Waals surface area contributed by atoms with E-state index in [1.54, 1.807) is 6.07 Å². The molecule has 29 heavy (non-hydrogen) atoms. The zero-order valence-corrected chi connectivity index (χ0v) is 17.6. The van der Waals surface area contributed by atoms with Crippen LogP contribution in [0.4, 0.5) is 14.2 Å². The van der Waals surface area contributed by atoms with E-state index in [0.717, 1.165) is 15.6 Å². The van der Waals surface area contributed by atoms with Gasteiger partial charge in [0.05, 0.1) is 10.6 Å². The number of hydrogen-bond donors (Lipinski definition) is 1. The molecule has 0 bridgehead atoms. The summed E-state index contributed by atoms with van der Waals surface area (Å²) in [5, 5.41) is 3.10. The molecule has 0 atom stereocenters. The number of piperazine rings is 1. The standard InChI is InChI=1S/C18H21FN4O4S2/c1-21(2)29(26,27)16-8-7-15(28-16)20-18(25)23-11-9-22(10-12-23)17(24)13-5-3-4-6-14(13)19/h3-8H,9-12H2,1-2H3,(H,20,25). The number of rotatable bonds is 4. The average Bonchev–Trinajstić information content (AvgIpc) is 3.17. The van der Waals surface area contributed by atoms with Crippen LogP contribution >= 0.6 is 11.3 Å². The molecule has 2 aromatic rings. The first-order valence-electron chi connectivity index (χ1n) is 8.82. The van der Waals surface area contributed by atoms with Crippen molar-refractivity contribution in [3.05, 3.63) is 47.8 Å². The second-order valence-electron chi connectivity index (χ2n) is 6.60. The molecule has 3 rings (SSSR count). The minimum atomic E-state index is -3.55. The number of anilines is 1. The Bertz CT molecular complexity index is 1010. The molecule has 1 N–H and O–H groups in total. The molecule has 0 spiro atoms. The molecule has 0 unspecified atom stereocenters. The van der Waals surface area contributed by atoms with Gasteiger partial charge in [-0.15, -0.1) is 11.3 Å². The summed E-state index contributed by atoms with van der Waals surface area (Å²) in [5.41, 5.74) is 0.0126. The van der Waals surface area contributed by atoms with E-state index < -0.39 is 21.7 Å². The van der Waals surface area contributed by atoms with Crippen LogP contribution in [0.5, 0.6) is 0 Å². The predicted octanol–water partition coefficient (Wildman–Crippen LogP) is 2.13. The lowest BCUT2D eigenvalue weighted by Crippen LogP contribution is -2.51. The number of benzene rings is 1. The summed E-state index contributed by atoms with van der Waals surface area (Å²) < 4.78 is 39.3. The first kappa shape index (κ1) is 21.2. The van der Waals surface area contributed by atoms with Crippen LogP contribution in [0.3, 0.4) is 0 Å². The van der Waals surface area contributed by atoms with Crippen molar-refractivity contribution in [1.82, 2.24) is 14.1 Å². The number of carbonyl (C=O) groups excluding carboxylic acids is 2. The average molecular weight is 441 g/mol. The van der Waals surface area contributed by atoms with Gasteiger partial charge in [0.25, 0.3) is 15.9 Å². The molecule has 8 nitrogen and oxygen atoms in total. The van der Waals surface area contributed by atoms with Crippen LogP contribution in [0.15, 0.2) is 40.6 Å². The van der Waals surface area contributed by atoms with E-state index in [-0.39, 0.29) is 28.9 Å². The Hall–Kier alpha value is -2.50. The van der Waals surface area contributed by atoms with Gasteiger partial charge in [-0.25, -0.2) is 21.9 Å². The van der Waals surface area contributed by atoms with Gasteiger partial charge in [0.15, 0.2) is 0 Å². The Kier molecular flexibility index (Phi) is 6.20. The van der Waals surface area contributed by atoms with Crippen molar-refractivity contribution in [1.29, 1.82) is 0 Å². The molecule has 1 aromatic heterocycles. The van der Waals surface area contributed by atoms with Crippen molar-refractivity contribution in [3.8, 4) is 0 Å². The number of halogens is 1. The van der Waals surface area contributed by atoms with Gasteiger partial charge in [0.2, 0.25) is 0 Å². The van der Waals surface area contributed by atoms with Crippen LogP contribution in [0.2, 0.25) is 0 Å². The number of sulfonamides is 1. The summed E-state index contributed by atoms with van der Waals surface area (Å²) in [7, 11) is -0.672. The van der Waals surface area contributed by atoms with E-state index >= 15 is 0 Å². The van der Waals surface area contributed by atoms with Crippen molar-refractivity contribution >= 4 is 38.3 Å². The van der Waals surface area contributed by atoms with Gasteiger partial charge in [-0.3, -0.25) is 10.1 Å². The van der Waals surface area contributed by atoms with E-state index in [2.05, 4.69) is 5.32 Å². The van der Waals surface area contributed by atoms with Crippen molar-refractivity contribution in [2.75, 3.05) is 45.6 Å². The van der Waals surface area contributed by atoms with Gasteiger partial charge in [-0.2, -0.15) is 0 Å². The van der Waals surface area contributed by atoms with Gasteiger partial charge >= 0.3 is 6.03 Å². The van der Waals surface area contributed by atoms with E-state index in [1.807, 2.05) is 0 Å². The van der Waals surface area contributed by atoms with E-state index in [9.17, 15) is 22.4 Å². The van der Waals surface area contributed by atoms with Gasteiger partial charge < -0.3 is 9.80 Å². The highest BCUT2D eigenvalue weighted by Gasteiger charge is 2.27. The normalized spacial score (nSPS) is 14.9. The fraction of sp³-hybridized carbons (Fsp3) is 0.333. The highest BCUT2D eigenvalue weighted by Crippen LogP contribution is 2.28. The number of carbonyl (C=O) groups is 2. The molecular weight excluding hydrogens is 419 g/mol. The number of urea groups is 1. The third-order valence-electron chi connectivity index (χ3n) is 4.50. The number of thiophene rings is 1. The maximum absolute atomic E-state index is 13.8. The Morgan fingerprint density at radius 2 is 1.66 bits per heavy atom. The molecule has 2 heterocycles. The third kappa shape index (κ3) is 4.57. The summed E-state index contributed by atoms with van der Waals surface area (Å²) in [6.45, 7) is 1.15. The largest absolute Gasteiger partial charge is 0.335 e. The highest BCUT2D eigenvalue weighted by atomic mass is 32.2. The topological polar surface area (TPSA) is 90.0 Å². The van der Waals surface area contributed by atoms with Crippen LogP contribution in [0.1, 0.15) is 10.4 Å². The van der Waals surface area contributed by atoms with Crippen molar-refractivity contribution in [2.24, 2.45) is 0 Å².